The van der Waals surface area contributed by atoms with Gasteiger partial charge < -0.3 is 0 Å². The van der Waals surface area contributed by atoms with Crippen molar-refractivity contribution in [2.45, 2.75) is 45.7 Å². The molecule has 0 spiro atoms. The molecular weight excluding hydrogens is 492 g/mol. The van der Waals surface area contributed by atoms with E-state index in [9.17, 15) is 0 Å². The molecule has 1 N–H and O–H groups in total. The third kappa shape index (κ3) is 7.47. The molecule has 0 aromatic heterocycles. The summed E-state index contributed by atoms with van der Waals surface area (Å²) < 4.78 is 2.75. The summed E-state index contributed by atoms with van der Waals surface area (Å²) >= 11 is -0.595. The van der Waals surface area contributed by atoms with Crippen LogP contribution in [0.25, 0.3) is 0 Å². The van der Waals surface area contributed by atoms with Crippen molar-refractivity contribution >= 4 is 34.0 Å². The van der Waals surface area contributed by atoms with Gasteiger partial charge in [0.25, 0.3) is 0 Å². The van der Waals surface area contributed by atoms with Crippen LogP contribution < -0.4 is 8.93 Å². The van der Waals surface area contributed by atoms with Crippen molar-refractivity contribution in [3.63, 3.8) is 0 Å². The SMILES string of the molecule is C=CCCCC(NCc1ccccc1)C(=Nc1c(C)cccc1C)[Te]c1ccccc1. The van der Waals surface area contributed by atoms with Crippen LogP contribution >= 0.6 is 0 Å². The maximum absolute atomic E-state index is 5.33. The summed E-state index contributed by atoms with van der Waals surface area (Å²) in [5, 5.41) is 3.84. The van der Waals surface area contributed by atoms with Crippen LogP contribution in [0.4, 0.5) is 5.69 Å². The van der Waals surface area contributed by atoms with E-state index < -0.39 is 20.9 Å². The van der Waals surface area contributed by atoms with Crippen LogP contribution in [-0.4, -0.2) is 30.7 Å². The van der Waals surface area contributed by atoms with Gasteiger partial charge in [-0.15, -0.1) is 0 Å². The number of aryl methyl sites for hydroxylation is 2. The summed E-state index contributed by atoms with van der Waals surface area (Å²) in [6.07, 6.45) is 5.24. The predicted molar refractivity (Wildman–Crippen MR) is 136 cm³/mol. The Kier molecular flexibility index (Phi) is 9.56. The topological polar surface area (TPSA) is 24.4 Å². The summed E-state index contributed by atoms with van der Waals surface area (Å²) in [6.45, 7) is 9.09. The number of aliphatic imine (C=N–C) groups is 1. The Balaban J connectivity index is 1.94. The van der Waals surface area contributed by atoms with Crippen LogP contribution in [0.1, 0.15) is 36.0 Å². The number of allylic oxidation sites excluding steroid dienone is 1. The zero-order chi connectivity index (χ0) is 21.9. The number of para-hydroxylation sites is 1. The monoisotopic (exact) mass is 526 g/mol. The van der Waals surface area contributed by atoms with Crippen LogP contribution in [0, 0.1) is 13.8 Å². The quantitative estimate of drug-likeness (QED) is 0.144. The molecule has 1 unspecified atom stereocenters. The van der Waals surface area contributed by atoms with Crippen LogP contribution in [0.3, 0.4) is 0 Å². The first-order chi connectivity index (χ1) is 15.2. The number of benzene rings is 3. The molecule has 3 rings (SSSR count). The fraction of sp³-hybridized carbons (Fsp3) is 0.250. The number of hydrogen-bond donors (Lipinski definition) is 1. The molecule has 0 aliphatic heterocycles. The molecule has 0 heterocycles. The molecular formula is C28H32N2Te. The fourth-order valence-corrected chi connectivity index (χ4v) is 6.39. The summed E-state index contributed by atoms with van der Waals surface area (Å²) in [4.78, 5) is 5.33. The summed E-state index contributed by atoms with van der Waals surface area (Å²) in [5.41, 5.74) is 4.92. The Hall–Kier alpha value is -2.18. The standard InChI is InChI=1S/C28H32N2Te/c1-4-5-8-20-26(29-21-24-16-9-6-10-17-24)28(31-25-18-11-7-12-19-25)30-27-22(2)14-13-15-23(27)3/h4,6-7,9-19,26,29H,1,5,8,20-21H2,2-3H3. The van der Waals surface area contributed by atoms with Crippen molar-refractivity contribution in [2.75, 3.05) is 0 Å². The molecule has 0 saturated heterocycles. The Morgan fingerprint density at radius 1 is 0.935 bits per heavy atom. The van der Waals surface area contributed by atoms with Gasteiger partial charge in [-0.2, -0.15) is 0 Å². The Labute approximate surface area is 197 Å². The van der Waals surface area contributed by atoms with Gasteiger partial charge in [0, 0.05) is 0 Å². The number of nitrogens with zero attached hydrogens (tertiary/aromatic N) is 1. The second kappa shape index (κ2) is 12.6. The van der Waals surface area contributed by atoms with Gasteiger partial charge in [0.1, 0.15) is 0 Å². The van der Waals surface area contributed by atoms with E-state index in [2.05, 4.69) is 105 Å². The molecule has 0 bridgehead atoms. The van der Waals surface area contributed by atoms with Crippen molar-refractivity contribution in [3.05, 3.63) is 108 Å². The molecule has 3 aromatic rings. The van der Waals surface area contributed by atoms with Gasteiger partial charge in [-0.05, 0) is 0 Å². The molecule has 0 aliphatic carbocycles. The van der Waals surface area contributed by atoms with Crippen molar-refractivity contribution in [2.24, 2.45) is 4.99 Å². The zero-order valence-electron chi connectivity index (χ0n) is 18.6. The summed E-state index contributed by atoms with van der Waals surface area (Å²) in [7, 11) is 0. The number of hydrogen-bond acceptors (Lipinski definition) is 2. The molecule has 31 heavy (non-hydrogen) atoms. The second-order valence-corrected chi connectivity index (χ2v) is 10.9. The zero-order valence-corrected chi connectivity index (χ0v) is 20.9. The van der Waals surface area contributed by atoms with Gasteiger partial charge in [0.2, 0.25) is 0 Å². The van der Waals surface area contributed by atoms with Crippen LogP contribution in [0.5, 0.6) is 0 Å². The molecule has 3 aromatic carbocycles. The van der Waals surface area contributed by atoms with Crippen molar-refractivity contribution < 1.29 is 0 Å². The number of rotatable bonds is 11. The summed E-state index contributed by atoms with van der Waals surface area (Å²) in [6, 6.07) is 28.2. The van der Waals surface area contributed by atoms with Crippen molar-refractivity contribution in [1.82, 2.24) is 5.32 Å². The van der Waals surface area contributed by atoms with E-state index in [0.29, 0.717) is 0 Å². The van der Waals surface area contributed by atoms with Crippen molar-refractivity contribution in [3.8, 4) is 0 Å². The van der Waals surface area contributed by atoms with Crippen LogP contribution in [-0.2, 0) is 6.54 Å². The first-order valence-corrected chi connectivity index (χ1v) is 13.3. The maximum atomic E-state index is 5.33. The van der Waals surface area contributed by atoms with Gasteiger partial charge >= 0.3 is 198 Å². The van der Waals surface area contributed by atoms with E-state index >= 15 is 0 Å². The van der Waals surface area contributed by atoms with Crippen LogP contribution in [0.15, 0.2) is 96.5 Å². The third-order valence-corrected chi connectivity index (χ3v) is 8.34. The Morgan fingerprint density at radius 3 is 2.23 bits per heavy atom. The molecule has 3 heteroatoms. The minimum absolute atomic E-state index is 0.266. The average molecular weight is 524 g/mol. The minimum atomic E-state index is -0.595. The van der Waals surface area contributed by atoms with E-state index in [1.807, 2.05) is 6.08 Å². The van der Waals surface area contributed by atoms with Crippen molar-refractivity contribution in [1.29, 1.82) is 0 Å². The first kappa shape index (κ1) is 23.5. The van der Waals surface area contributed by atoms with Gasteiger partial charge in [0.05, 0.1) is 0 Å². The average Bonchev–Trinajstić information content (AvgIpc) is 2.79. The summed E-state index contributed by atoms with van der Waals surface area (Å²) in [5.74, 6) is 0. The molecule has 2 nitrogen and oxygen atoms in total. The van der Waals surface area contributed by atoms with Gasteiger partial charge in [0.15, 0.2) is 0 Å². The van der Waals surface area contributed by atoms with E-state index in [-0.39, 0.29) is 6.04 Å². The Morgan fingerprint density at radius 2 is 1.58 bits per heavy atom. The van der Waals surface area contributed by atoms with Gasteiger partial charge in [-0.25, -0.2) is 0 Å². The number of nitrogens with one attached hydrogen (secondary N) is 1. The van der Waals surface area contributed by atoms with E-state index in [0.717, 1.165) is 31.5 Å². The molecule has 0 radical (unpaired) electrons. The first-order valence-electron chi connectivity index (χ1n) is 10.9. The Bertz CT molecular complexity index is 960. The molecule has 0 saturated carbocycles. The van der Waals surface area contributed by atoms with Gasteiger partial charge in [-0.3, -0.25) is 0 Å². The number of unbranched alkanes of at least 4 members (excludes halogenated alkanes) is 1. The van der Waals surface area contributed by atoms with Gasteiger partial charge in [-0.1, -0.05) is 0 Å². The van der Waals surface area contributed by atoms with E-state index in [1.54, 1.807) is 0 Å². The molecule has 160 valence electrons. The molecule has 0 aliphatic rings. The fourth-order valence-electron chi connectivity index (χ4n) is 3.49. The van der Waals surface area contributed by atoms with E-state index in [4.69, 9.17) is 4.99 Å². The van der Waals surface area contributed by atoms with E-state index in [1.165, 1.54) is 24.1 Å². The predicted octanol–water partition coefficient (Wildman–Crippen LogP) is 5.88. The molecule has 0 fully saturated rings. The normalized spacial score (nSPS) is 12.5. The third-order valence-electron chi connectivity index (χ3n) is 5.22. The molecule has 1 atom stereocenters. The van der Waals surface area contributed by atoms with Crippen LogP contribution in [0.2, 0.25) is 0 Å². The second-order valence-electron chi connectivity index (χ2n) is 7.74. The molecule has 0 amide bonds.